The maximum Gasteiger partial charge on any atom is 0.311 e. The lowest BCUT2D eigenvalue weighted by molar-refractivity contribution is -0.153. The molecule has 0 saturated carbocycles. The molecule has 3 fully saturated rings. The fourth-order valence-electron chi connectivity index (χ4n) is 6.65. The van der Waals surface area contributed by atoms with Crippen LogP contribution in [-0.2, 0) is 19.1 Å². The van der Waals surface area contributed by atoms with Gasteiger partial charge in [0.05, 0.1) is 29.2 Å². The molecule has 8 heteroatoms. The minimum Gasteiger partial charge on any atom is -0.461 e. The fourth-order valence-corrected chi connectivity index (χ4v) is 8.84. The van der Waals surface area contributed by atoms with Crippen LogP contribution in [0.4, 0.5) is 5.69 Å². The number of anilines is 1. The fraction of sp³-hybridized carbons (Fsp3) is 0.552. The van der Waals surface area contributed by atoms with Gasteiger partial charge < -0.3 is 19.6 Å². The van der Waals surface area contributed by atoms with Gasteiger partial charge in [0.15, 0.2) is 0 Å². The van der Waals surface area contributed by atoms with Gasteiger partial charge in [-0.2, -0.15) is 0 Å². The van der Waals surface area contributed by atoms with Crippen LogP contribution in [0.2, 0.25) is 0 Å². The van der Waals surface area contributed by atoms with Crippen molar-refractivity contribution in [1.29, 1.82) is 0 Å². The van der Waals surface area contributed by atoms with Crippen molar-refractivity contribution >= 4 is 35.2 Å². The van der Waals surface area contributed by atoms with E-state index in [1.54, 1.807) is 27.6 Å². The number of carbonyl (C=O) groups is 3. The molecule has 3 heterocycles. The van der Waals surface area contributed by atoms with Crippen LogP contribution < -0.4 is 4.90 Å². The maximum atomic E-state index is 14.7. The first-order chi connectivity index (χ1) is 17.6. The SMILES string of the molecule is C=CCOC(=O)[C@@H]1[C@@H]2CCC3(S2)C(C(=O)N(CC=C)c2c(C)cccc2C)N([C@@H](CO)C(C)C)C(=O)[C@H]13. The van der Waals surface area contributed by atoms with Gasteiger partial charge in [0.2, 0.25) is 5.91 Å². The average molecular weight is 527 g/mol. The van der Waals surface area contributed by atoms with Crippen LogP contribution in [0.15, 0.2) is 43.5 Å². The van der Waals surface area contributed by atoms with Crippen molar-refractivity contribution in [2.75, 3.05) is 24.7 Å². The Morgan fingerprint density at radius 3 is 2.51 bits per heavy atom. The van der Waals surface area contributed by atoms with Crippen molar-refractivity contribution in [1.82, 2.24) is 4.90 Å². The second-order valence-electron chi connectivity index (χ2n) is 10.7. The molecule has 2 amide bonds. The van der Waals surface area contributed by atoms with Crippen LogP contribution in [0, 0.1) is 31.6 Å². The van der Waals surface area contributed by atoms with Crippen LogP contribution in [0.25, 0.3) is 0 Å². The van der Waals surface area contributed by atoms with Gasteiger partial charge in [0.1, 0.15) is 12.6 Å². The van der Waals surface area contributed by atoms with Crippen LogP contribution in [-0.4, -0.2) is 69.6 Å². The summed E-state index contributed by atoms with van der Waals surface area (Å²) >= 11 is 1.60. The molecule has 1 aromatic carbocycles. The number of hydrogen-bond donors (Lipinski definition) is 1. The number of aryl methyl sites for hydroxylation is 2. The number of benzene rings is 1. The van der Waals surface area contributed by atoms with Gasteiger partial charge in [-0.05, 0) is 43.7 Å². The summed E-state index contributed by atoms with van der Waals surface area (Å²) in [7, 11) is 0. The monoisotopic (exact) mass is 526 g/mol. The van der Waals surface area contributed by atoms with Gasteiger partial charge in [0.25, 0.3) is 5.91 Å². The molecular weight excluding hydrogens is 488 g/mol. The predicted molar refractivity (Wildman–Crippen MR) is 146 cm³/mol. The van der Waals surface area contributed by atoms with E-state index >= 15 is 0 Å². The van der Waals surface area contributed by atoms with Gasteiger partial charge in [-0.3, -0.25) is 14.4 Å². The molecule has 3 aliphatic heterocycles. The van der Waals surface area contributed by atoms with Crippen molar-refractivity contribution in [3.05, 3.63) is 54.6 Å². The standard InChI is InChI=1S/C29H38N2O5S/c1-7-14-30(24-18(5)10-9-11-19(24)6)27(34)25-29-13-12-21(37-29)22(28(35)36-15-8-2)23(29)26(33)31(25)20(16-32)17(3)4/h7-11,17,20-23,25,32H,1-2,12-16H2,3-6H3/t20-,21-,22+,23-,25?,29?/m0/s1. The number of ether oxygens (including phenoxy) is 1. The molecule has 1 aromatic rings. The number of aliphatic hydroxyl groups excluding tert-OH is 1. The van der Waals surface area contributed by atoms with E-state index in [2.05, 4.69) is 13.2 Å². The van der Waals surface area contributed by atoms with Crippen molar-refractivity contribution in [2.45, 2.75) is 62.6 Å². The molecule has 1 spiro atoms. The van der Waals surface area contributed by atoms with Crippen LogP contribution in [0.3, 0.4) is 0 Å². The third-order valence-corrected chi connectivity index (χ3v) is 10.1. The number of para-hydroxylation sites is 1. The summed E-state index contributed by atoms with van der Waals surface area (Å²) in [5, 5.41) is 10.3. The first-order valence-corrected chi connectivity index (χ1v) is 13.9. The number of thioether (sulfide) groups is 1. The molecular formula is C29H38N2O5S. The number of hydrogen-bond acceptors (Lipinski definition) is 6. The second-order valence-corrected chi connectivity index (χ2v) is 12.3. The minimum absolute atomic E-state index is 0.0802. The van der Waals surface area contributed by atoms with E-state index < -0.39 is 34.6 Å². The van der Waals surface area contributed by atoms with Crippen molar-refractivity contribution in [3.63, 3.8) is 0 Å². The number of aliphatic hydroxyl groups is 1. The summed E-state index contributed by atoms with van der Waals surface area (Å²) in [5.41, 5.74) is 2.72. The van der Waals surface area contributed by atoms with Gasteiger partial charge in [-0.25, -0.2) is 0 Å². The smallest absolute Gasteiger partial charge is 0.311 e. The van der Waals surface area contributed by atoms with Gasteiger partial charge in [-0.15, -0.1) is 18.3 Å². The molecule has 0 aromatic heterocycles. The highest BCUT2D eigenvalue weighted by Gasteiger charge is 2.75. The quantitative estimate of drug-likeness (QED) is 0.370. The van der Waals surface area contributed by atoms with Crippen molar-refractivity contribution < 1.29 is 24.2 Å². The van der Waals surface area contributed by atoms with E-state index in [-0.39, 0.29) is 42.7 Å². The molecule has 4 rings (SSSR count). The molecule has 37 heavy (non-hydrogen) atoms. The largest absolute Gasteiger partial charge is 0.461 e. The Morgan fingerprint density at radius 2 is 1.95 bits per heavy atom. The Bertz CT molecular complexity index is 1080. The zero-order valence-electron chi connectivity index (χ0n) is 22.2. The third kappa shape index (κ3) is 4.32. The lowest BCUT2D eigenvalue weighted by atomic mass is 9.71. The zero-order chi connectivity index (χ0) is 27.1. The number of rotatable bonds is 10. The molecule has 3 saturated heterocycles. The highest BCUT2D eigenvalue weighted by atomic mass is 32.2. The van der Waals surface area contributed by atoms with Crippen LogP contribution >= 0.6 is 11.8 Å². The normalized spacial score (nSPS) is 28.8. The minimum atomic E-state index is -0.810. The summed E-state index contributed by atoms with van der Waals surface area (Å²) in [6.45, 7) is 15.4. The van der Waals surface area contributed by atoms with Crippen LogP contribution in [0.1, 0.15) is 37.8 Å². The number of nitrogens with zero attached hydrogens (tertiary/aromatic N) is 2. The number of carbonyl (C=O) groups excluding carboxylic acids is 3. The van der Waals surface area contributed by atoms with Crippen molar-refractivity contribution in [3.8, 4) is 0 Å². The van der Waals surface area contributed by atoms with E-state index in [1.165, 1.54) is 6.08 Å². The molecule has 2 unspecified atom stereocenters. The summed E-state index contributed by atoms with van der Waals surface area (Å²) < 4.78 is 4.68. The number of fused-ring (bicyclic) bond motifs is 1. The van der Waals surface area contributed by atoms with Gasteiger partial charge in [-0.1, -0.05) is 50.8 Å². The highest BCUT2D eigenvalue weighted by Crippen LogP contribution is 2.67. The summed E-state index contributed by atoms with van der Waals surface area (Å²) in [4.78, 5) is 45.4. The Morgan fingerprint density at radius 1 is 1.27 bits per heavy atom. The zero-order valence-corrected chi connectivity index (χ0v) is 23.0. The Hall–Kier alpha value is -2.58. The summed E-state index contributed by atoms with van der Waals surface area (Å²) in [6.07, 6.45) is 4.60. The first-order valence-electron chi connectivity index (χ1n) is 13.0. The van der Waals surface area contributed by atoms with E-state index in [0.29, 0.717) is 6.42 Å². The Labute approximate surface area is 223 Å². The van der Waals surface area contributed by atoms with E-state index in [1.807, 2.05) is 45.9 Å². The molecule has 200 valence electrons. The molecule has 6 atom stereocenters. The average Bonchev–Trinajstić information content (AvgIpc) is 3.49. The second kappa shape index (κ2) is 10.7. The van der Waals surface area contributed by atoms with E-state index in [0.717, 1.165) is 23.2 Å². The molecule has 1 N–H and O–H groups in total. The number of amides is 2. The van der Waals surface area contributed by atoms with E-state index in [9.17, 15) is 19.5 Å². The number of esters is 1. The maximum absolute atomic E-state index is 14.7. The molecule has 2 bridgehead atoms. The van der Waals surface area contributed by atoms with Crippen molar-refractivity contribution in [2.24, 2.45) is 17.8 Å². The third-order valence-electron chi connectivity index (χ3n) is 8.19. The van der Waals surface area contributed by atoms with E-state index in [4.69, 9.17) is 4.74 Å². The lowest BCUT2D eigenvalue weighted by Crippen LogP contribution is -2.58. The predicted octanol–water partition coefficient (Wildman–Crippen LogP) is 3.66. The highest BCUT2D eigenvalue weighted by molar-refractivity contribution is 8.02. The molecule has 7 nitrogen and oxygen atoms in total. The number of likely N-dealkylation sites (tertiary alicyclic amines) is 1. The summed E-state index contributed by atoms with van der Waals surface area (Å²) in [6, 6.07) is 4.54. The Kier molecular flexibility index (Phi) is 7.91. The molecule has 0 aliphatic carbocycles. The topological polar surface area (TPSA) is 87.2 Å². The lowest BCUT2D eigenvalue weighted by Gasteiger charge is -2.41. The summed E-state index contributed by atoms with van der Waals surface area (Å²) in [5.74, 6) is -2.21. The Balaban J connectivity index is 1.85. The van der Waals surface area contributed by atoms with Gasteiger partial charge >= 0.3 is 5.97 Å². The molecule has 0 radical (unpaired) electrons. The van der Waals surface area contributed by atoms with Crippen LogP contribution in [0.5, 0.6) is 0 Å². The van der Waals surface area contributed by atoms with Gasteiger partial charge in [0, 0.05) is 17.5 Å². The first kappa shape index (κ1) is 27.5. The molecule has 3 aliphatic rings.